The van der Waals surface area contributed by atoms with Gasteiger partial charge in [0.25, 0.3) is 5.78 Å². The van der Waals surface area contributed by atoms with Gasteiger partial charge in [0.1, 0.15) is 12.1 Å². The van der Waals surface area contributed by atoms with Crippen molar-refractivity contribution >= 4 is 11.6 Å². The maximum atomic E-state index is 4.56. The van der Waals surface area contributed by atoms with Crippen LogP contribution < -0.4 is 4.90 Å². The molecule has 21 heavy (non-hydrogen) atoms. The van der Waals surface area contributed by atoms with Gasteiger partial charge in [0.15, 0.2) is 0 Å². The molecule has 0 spiro atoms. The van der Waals surface area contributed by atoms with Crippen molar-refractivity contribution in [2.45, 2.75) is 58.9 Å². The third-order valence-corrected chi connectivity index (χ3v) is 4.79. The third-order valence-electron chi connectivity index (χ3n) is 4.79. The number of fused-ring (bicyclic) bond motifs is 1. The monoisotopic (exact) mass is 287 g/mol. The highest BCUT2D eigenvalue weighted by molar-refractivity contribution is 5.48. The van der Waals surface area contributed by atoms with Crippen molar-refractivity contribution in [2.24, 2.45) is 5.92 Å². The summed E-state index contributed by atoms with van der Waals surface area (Å²) >= 11 is 0. The average Bonchev–Trinajstić information content (AvgIpc) is 3.01. The molecule has 114 valence electrons. The largest absolute Gasteiger partial charge is 0.353 e. The lowest BCUT2D eigenvalue weighted by atomic mass is 9.90. The van der Waals surface area contributed by atoms with Crippen LogP contribution in [0.1, 0.15) is 52.1 Å². The number of rotatable bonds is 4. The molecule has 0 amide bonds. The predicted octanol–water partition coefficient (Wildman–Crippen LogP) is 3.09. The van der Waals surface area contributed by atoms with Gasteiger partial charge in [-0.25, -0.2) is 4.98 Å². The van der Waals surface area contributed by atoms with Gasteiger partial charge in [0.05, 0.1) is 0 Å². The molecule has 3 rings (SSSR count). The van der Waals surface area contributed by atoms with Crippen molar-refractivity contribution in [3.05, 3.63) is 18.1 Å². The molecule has 2 aromatic heterocycles. The SMILES string of the molecule is CCc1cc(N2CCCC[C@H]2[C@@H](C)CC)n2ncnc2n1. The minimum absolute atomic E-state index is 0.600. The number of piperidine rings is 1. The second-order valence-corrected chi connectivity index (χ2v) is 6.07. The van der Waals surface area contributed by atoms with Crippen molar-refractivity contribution in [2.75, 3.05) is 11.4 Å². The zero-order valence-corrected chi connectivity index (χ0v) is 13.3. The first-order chi connectivity index (χ1) is 10.2. The van der Waals surface area contributed by atoms with Gasteiger partial charge in [0, 0.05) is 24.3 Å². The lowest BCUT2D eigenvalue weighted by Crippen LogP contribution is -2.44. The molecule has 0 aromatic carbocycles. The Morgan fingerprint density at radius 3 is 2.95 bits per heavy atom. The summed E-state index contributed by atoms with van der Waals surface area (Å²) < 4.78 is 1.90. The van der Waals surface area contributed by atoms with Gasteiger partial charge in [-0.1, -0.05) is 27.2 Å². The molecule has 0 bridgehead atoms. The Morgan fingerprint density at radius 2 is 2.19 bits per heavy atom. The summed E-state index contributed by atoms with van der Waals surface area (Å²) in [6.07, 6.45) is 7.61. The van der Waals surface area contributed by atoms with Gasteiger partial charge in [-0.15, -0.1) is 0 Å². The highest BCUT2D eigenvalue weighted by Gasteiger charge is 2.28. The van der Waals surface area contributed by atoms with Crippen LogP contribution >= 0.6 is 0 Å². The molecule has 2 atom stereocenters. The second kappa shape index (κ2) is 6.00. The van der Waals surface area contributed by atoms with Gasteiger partial charge in [0.2, 0.25) is 0 Å². The van der Waals surface area contributed by atoms with E-state index in [0.29, 0.717) is 12.0 Å². The summed E-state index contributed by atoms with van der Waals surface area (Å²) in [6.45, 7) is 7.90. The molecule has 0 unspecified atom stereocenters. The zero-order chi connectivity index (χ0) is 14.8. The van der Waals surface area contributed by atoms with E-state index in [0.717, 1.165) is 24.4 Å². The molecule has 1 fully saturated rings. The highest BCUT2D eigenvalue weighted by Crippen LogP contribution is 2.30. The minimum Gasteiger partial charge on any atom is -0.353 e. The topological polar surface area (TPSA) is 46.3 Å². The molecule has 5 nitrogen and oxygen atoms in total. The molecular formula is C16H25N5. The van der Waals surface area contributed by atoms with Crippen molar-refractivity contribution in [3.8, 4) is 0 Å². The van der Waals surface area contributed by atoms with Gasteiger partial charge in [-0.2, -0.15) is 14.6 Å². The van der Waals surface area contributed by atoms with Gasteiger partial charge in [-0.05, 0) is 31.6 Å². The lowest BCUT2D eigenvalue weighted by molar-refractivity contribution is 0.345. The van der Waals surface area contributed by atoms with Crippen LogP contribution in [0.25, 0.3) is 5.78 Å². The predicted molar refractivity (Wildman–Crippen MR) is 84.6 cm³/mol. The first-order valence-corrected chi connectivity index (χ1v) is 8.20. The first-order valence-electron chi connectivity index (χ1n) is 8.20. The van der Waals surface area contributed by atoms with Crippen molar-refractivity contribution < 1.29 is 0 Å². The molecule has 0 saturated carbocycles. The van der Waals surface area contributed by atoms with E-state index in [1.165, 1.54) is 31.5 Å². The van der Waals surface area contributed by atoms with Crippen LogP contribution in [0, 0.1) is 5.92 Å². The van der Waals surface area contributed by atoms with Crippen LogP contribution in [0.2, 0.25) is 0 Å². The summed E-state index contributed by atoms with van der Waals surface area (Å²) in [5.41, 5.74) is 1.10. The van der Waals surface area contributed by atoms with Crippen molar-refractivity contribution in [1.82, 2.24) is 19.6 Å². The molecule has 1 saturated heterocycles. The quantitative estimate of drug-likeness (QED) is 0.867. The van der Waals surface area contributed by atoms with E-state index in [1.807, 2.05) is 4.52 Å². The Bertz CT molecular complexity index is 606. The number of anilines is 1. The lowest BCUT2D eigenvalue weighted by Gasteiger charge is -2.40. The van der Waals surface area contributed by atoms with E-state index in [-0.39, 0.29) is 0 Å². The van der Waals surface area contributed by atoms with Crippen LogP contribution in [-0.2, 0) is 6.42 Å². The molecule has 3 heterocycles. The van der Waals surface area contributed by atoms with E-state index in [4.69, 9.17) is 0 Å². The fourth-order valence-electron chi connectivity index (χ4n) is 3.34. The first kappa shape index (κ1) is 14.3. The second-order valence-electron chi connectivity index (χ2n) is 6.07. The summed E-state index contributed by atoms with van der Waals surface area (Å²) in [6, 6.07) is 2.80. The fourth-order valence-corrected chi connectivity index (χ4v) is 3.34. The van der Waals surface area contributed by atoms with E-state index >= 15 is 0 Å². The van der Waals surface area contributed by atoms with E-state index in [2.05, 4.69) is 46.8 Å². The maximum Gasteiger partial charge on any atom is 0.254 e. The highest BCUT2D eigenvalue weighted by atomic mass is 15.4. The molecule has 5 heteroatoms. The standard InChI is InChI=1S/C16H25N5/c1-4-12(3)14-8-6-7-9-20(14)15-10-13(5-2)19-16-17-11-18-21(15)16/h10-12,14H,4-9H2,1-3H3/t12-,14-/m0/s1. The zero-order valence-electron chi connectivity index (χ0n) is 13.3. The van der Waals surface area contributed by atoms with E-state index in [1.54, 1.807) is 6.33 Å². The van der Waals surface area contributed by atoms with Crippen LogP contribution in [0.4, 0.5) is 5.82 Å². The summed E-state index contributed by atoms with van der Waals surface area (Å²) in [7, 11) is 0. The Hall–Kier alpha value is -1.65. The Kier molecular flexibility index (Phi) is 4.08. The fraction of sp³-hybridized carbons (Fsp3) is 0.688. The summed E-state index contributed by atoms with van der Waals surface area (Å²) in [5.74, 6) is 2.58. The van der Waals surface area contributed by atoms with E-state index < -0.39 is 0 Å². The van der Waals surface area contributed by atoms with Crippen LogP contribution in [-0.4, -0.2) is 32.2 Å². The molecule has 1 aliphatic rings. The Labute approximate surface area is 126 Å². The smallest absolute Gasteiger partial charge is 0.254 e. The normalized spacial score (nSPS) is 20.9. The number of hydrogen-bond acceptors (Lipinski definition) is 4. The van der Waals surface area contributed by atoms with Crippen molar-refractivity contribution in [3.63, 3.8) is 0 Å². The number of nitrogens with zero attached hydrogens (tertiary/aromatic N) is 5. The molecule has 0 aliphatic carbocycles. The number of aromatic nitrogens is 4. The van der Waals surface area contributed by atoms with Crippen LogP contribution in [0.3, 0.4) is 0 Å². The summed E-state index contributed by atoms with van der Waals surface area (Å²) in [4.78, 5) is 11.4. The number of hydrogen-bond donors (Lipinski definition) is 0. The van der Waals surface area contributed by atoms with Crippen LogP contribution in [0.5, 0.6) is 0 Å². The van der Waals surface area contributed by atoms with Crippen LogP contribution in [0.15, 0.2) is 12.4 Å². The van der Waals surface area contributed by atoms with Crippen molar-refractivity contribution in [1.29, 1.82) is 0 Å². The number of aryl methyl sites for hydroxylation is 1. The molecule has 2 aromatic rings. The summed E-state index contributed by atoms with van der Waals surface area (Å²) in [5, 5.41) is 4.39. The molecule has 1 aliphatic heterocycles. The van der Waals surface area contributed by atoms with Gasteiger partial charge in [-0.3, -0.25) is 0 Å². The van der Waals surface area contributed by atoms with Gasteiger partial charge >= 0.3 is 0 Å². The Morgan fingerprint density at radius 1 is 1.33 bits per heavy atom. The molecule has 0 radical (unpaired) electrons. The third kappa shape index (κ3) is 2.61. The molecular weight excluding hydrogens is 262 g/mol. The average molecular weight is 287 g/mol. The molecule has 0 N–H and O–H groups in total. The Balaban J connectivity index is 2.06. The van der Waals surface area contributed by atoms with E-state index in [9.17, 15) is 0 Å². The minimum atomic E-state index is 0.600. The van der Waals surface area contributed by atoms with Gasteiger partial charge < -0.3 is 4.90 Å². The maximum absolute atomic E-state index is 4.56.